The van der Waals surface area contributed by atoms with Crippen LogP contribution in [0.4, 0.5) is 10.5 Å². The van der Waals surface area contributed by atoms with Crippen LogP contribution in [0.3, 0.4) is 0 Å². The second kappa shape index (κ2) is 4.49. The van der Waals surface area contributed by atoms with Gasteiger partial charge in [-0.05, 0) is 55.4 Å². The summed E-state index contributed by atoms with van der Waals surface area (Å²) in [4.78, 5) is 29.3. The zero-order chi connectivity index (χ0) is 18.6. The van der Waals surface area contributed by atoms with Crippen LogP contribution in [0.1, 0.15) is 31.2 Å². The van der Waals surface area contributed by atoms with Gasteiger partial charge in [-0.25, -0.2) is 4.79 Å². The molecule has 2 bridgehead atoms. The van der Waals surface area contributed by atoms with Crippen LogP contribution in [0.5, 0.6) is 5.75 Å². The molecule has 3 heterocycles. The monoisotopic (exact) mass is 366 g/mol. The number of fused-ring (bicyclic) bond motifs is 1. The summed E-state index contributed by atoms with van der Waals surface area (Å²) in [7, 11) is 3.12. The van der Waals surface area contributed by atoms with Crippen LogP contribution in [-0.2, 0) is 14.9 Å². The van der Waals surface area contributed by atoms with E-state index in [4.69, 9.17) is 9.47 Å². The van der Waals surface area contributed by atoms with Gasteiger partial charge in [0.2, 0.25) is 5.91 Å². The predicted octanol–water partition coefficient (Wildman–Crippen LogP) is 2.61. The van der Waals surface area contributed by atoms with E-state index in [0.717, 1.165) is 43.7 Å². The van der Waals surface area contributed by atoms with Crippen molar-refractivity contribution in [3.05, 3.63) is 35.9 Å². The number of carbonyl (C=O) groups is 2. The Kier molecular flexibility index (Phi) is 2.58. The highest BCUT2D eigenvalue weighted by atomic mass is 16.5. The van der Waals surface area contributed by atoms with E-state index in [1.54, 1.807) is 13.2 Å². The Hall–Kier alpha value is -2.50. The molecule has 3 aliphatic heterocycles. The van der Waals surface area contributed by atoms with Crippen LogP contribution in [0, 0.1) is 5.92 Å². The molecule has 2 amide bonds. The van der Waals surface area contributed by atoms with Crippen LogP contribution in [0.2, 0.25) is 0 Å². The second-order valence-electron chi connectivity index (χ2n) is 8.52. The molecular weight excluding hydrogens is 344 g/mol. The Balaban J connectivity index is 1.56. The normalized spacial score (nSPS) is 39.5. The molecule has 0 N–H and O–H groups in total. The van der Waals surface area contributed by atoms with Gasteiger partial charge in [-0.1, -0.05) is 6.08 Å². The molecule has 6 nitrogen and oxygen atoms in total. The molecule has 2 saturated carbocycles. The highest BCUT2D eigenvalue weighted by molar-refractivity contribution is 5.98. The summed E-state index contributed by atoms with van der Waals surface area (Å²) >= 11 is 0. The molecule has 3 fully saturated rings. The Morgan fingerprint density at radius 2 is 2.07 bits per heavy atom. The largest absolute Gasteiger partial charge is 0.497 e. The molecular formula is C21H22N2O4. The quantitative estimate of drug-likeness (QED) is 0.767. The average Bonchev–Trinajstić information content (AvgIpc) is 3.09. The van der Waals surface area contributed by atoms with Crippen molar-refractivity contribution in [2.45, 2.75) is 42.2 Å². The first-order chi connectivity index (χ1) is 13.0. The van der Waals surface area contributed by atoms with E-state index in [0.29, 0.717) is 5.92 Å². The predicted molar refractivity (Wildman–Crippen MR) is 97.8 cm³/mol. The van der Waals surface area contributed by atoms with Gasteiger partial charge in [-0.15, -0.1) is 0 Å². The number of carbonyl (C=O) groups excluding carboxylic acids is 2. The first-order valence-electron chi connectivity index (χ1n) is 9.62. The minimum atomic E-state index is -0.280. The van der Waals surface area contributed by atoms with Crippen molar-refractivity contribution in [2.75, 3.05) is 25.7 Å². The smallest absolute Gasteiger partial charge is 0.414 e. The van der Waals surface area contributed by atoms with Gasteiger partial charge in [0.05, 0.1) is 31.0 Å². The standard InChI is InChI=1S/C21H22N2O4/c1-26-13-3-4-15-14(11-13)20-9-10-22-17(24)5-6-19(22)7-8-21(20,16(20)12-19)23(15)18(25)27-2/h3-6,11,16H,7-10,12H2,1-2H3/t16-,19+,20-,21+/m0/s1. The first kappa shape index (κ1) is 15.5. The Labute approximate surface area is 157 Å². The summed E-state index contributed by atoms with van der Waals surface area (Å²) in [5, 5.41) is 0. The molecule has 0 radical (unpaired) electrons. The maximum atomic E-state index is 12.8. The van der Waals surface area contributed by atoms with Crippen LogP contribution in [-0.4, -0.2) is 48.7 Å². The lowest BCUT2D eigenvalue weighted by atomic mass is 9.78. The molecule has 1 aromatic rings. The lowest BCUT2D eigenvalue weighted by Crippen LogP contribution is -2.55. The van der Waals surface area contributed by atoms with Gasteiger partial charge in [-0.3, -0.25) is 9.69 Å². The third-order valence-electron chi connectivity index (χ3n) is 8.11. The minimum absolute atomic E-state index is 0.104. The number of anilines is 1. The van der Waals surface area contributed by atoms with Crippen molar-refractivity contribution in [1.29, 1.82) is 0 Å². The van der Waals surface area contributed by atoms with Crippen LogP contribution < -0.4 is 9.64 Å². The fourth-order valence-electron chi connectivity index (χ4n) is 7.09. The van der Waals surface area contributed by atoms with E-state index in [9.17, 15) is 9.59 Å². The zero-order valence-corrected chi connectivity index (χ0v) is 15.5. The SMILES string of the molecule is COC(=O)N1c2ccc(OC)cc2[C@]23CCN4C(=O)C=C[C@]45CC[C@]12[C@H]3C5. The zero-order valence-electron chi connectivity index (χ0n) is 15.5. The summed E-state index contributed by atoms with van der Waals surface area (Å²) in [5.41, 5.74) is 1.64. The average molecular weight is 366 g/mol. The summed E-state index contributed by atoms with van der Waals surface area (Å²) in [6.07, 6.45) is 7.15. The number of hydrogen-bond acceptors (Lipinski definition) is 4. The Morgan fingerprint density at radius 1 is 1.22 bits per heavy atom. The molecule has 1 aromatic carbocycles. The van der Waals surface area contributed by atoms with Crippen LogP contribution in [0.15, 0.2) is 30.4 Å². The number of ether oxygens (including phenoxy) is 2. The summed E-state index contributed by atoms with van der Waals surface area (Å²) in [6, 6.07) is 5.99. The van der Waals surface area contributed by atoms with E-state index in [1.165, 1.54) is 12.7 Å². The Bertz CT molecular complexity index is 942. The number of rotatable bonds is 1. The molecule has 27 heavy (non-hydrogen) atoms. The third kappa shape index (κ3) is 1.42. The van der Waals surface area contributed by atoms with Crippen molar-refractivity contribution in [1.82, 2.24) is 4.90 Å². The van der Waals surface area contributed by atoms with Crippen molar-refractivity contribution in [3.63, 3.8) is 0 Å². The molecule has 6 rings (SSSR count). The maximum Gasteiger partial charge on any atom is 0.414 e. The van der Waals surface area contributed by atoms with E-state index < -0.39 is 0 Å². The molecule has 3 spiro atoms. The summed E-state index contributed by atoms with van der Waals surface area (Å²) in [5.74, 6) is 1.29. The fourth-order valence-corrected chi connectivity index (χ4v) is 7.09. The van der Waals surface area contributed by atoms with Gasteiger partial charge in [0, 0.05) is 18.0 Å². The van der Waals surface area contributed by atoms with Crippen LogP contribution in [0.25, 0.3) is 0 Å². The van der Waals surface area contributed by atoms with E-state index in [1.807, 2.05) is 17.0 Å². The molecule has 1 saturated heterocycles. The summed E-state index contributed by atoms with van der Waals surface area (Å²) < 4.78 is 10.7. The third-order valence-corrected chi connectivity index (χ3v) is 8.11. The summed E-state index contributed by atoms with van der Waals surface area (Å²) in [6.45, 7) is 0.732. The van der Waals surface area contributed by atoms with Crippen LogP contribution >= 0.6 is 0 Å². The topological polar surface area (TPSA) is 59.1 Å². The lowest BCUT2D eigenvalue weighted by Gasteiger charge is -2.45. The van der Waals surface area contributed by atoms with Gasteiger partial charge >= 0.3 is 6.09 Å². The van der Waals surface area contributed by atoms with Gasteiger partial charge in [0.25, 0.3) is 0 Å². The molecule has 2 aliphatic carbocycles. The highest BCUT2D eigenvalue weighted by Crippen LogP contribution is 2.81. The van der Waals surface area contributed by atoms with Crippen molar-refractivity contribution < 1.29 is 19.1 Å². The van der Waals surface area contributed by atoms with Gasteiger partial charge < -0.3 is 14.4 Å². The molecule has 140 valence electrons. The highest BCUT2D eigenvalue weighted by Gasteiger charge is 2.87. The first-order valence-corrected chi connectivity index (χ1v) is 9.62. The second-order valence-corrected chi connectivity index (χ2v) is 8.52. The molecule has 5 aliphatic rings. The van der Waals surface area contributed by atoms with Crippen molar-refractivity contribution in [2.24, 2.45) is 5.92 Å². The lowest BCUT2D eigenvalue weighted by molar-refractivity contribution is -0.129. The number of methoxy groups -OCH3 is 2. The van der Waals surface area contributed by atoms with Crippen molar-refractivity contribution >= 4 is 17.7 Å². The van der Waals surface area contributed by atoms with Crippen molar-refractivity contribution in [3.8, 4) is 5.75 Å². The fraction of sp³-hybridized carbons (Fsp3) is 0.524. The Morgan fingerprint density at radius 3 is 2.85 bits per heavy atom. The number of benzene rings is 1. The van der Waals surface area contributed by atoms with Gasteiger partial charge in [0.15, 0.2) is 0 Å². The molecule has 0 aromatic heterocycles. The number of amides is 2. The number of nitrogens with zero attached hydrogens (tertiary/aromatic N) is 2. The van der Waals surface area contributed by atoms with E-state index in [-0.39, 0.29) is 28.5 Å². The molecule has 6 heteroatoms. The molecule has 4 atom stereocenters. The minimum Gasteiger partial charge on any atom is -0.497 e. The van der Waals surface area contributed by atoms with E-state index >= 15 is 0 Å². The van der Waals surface area contributed by atoms with E-state index in [2.05, 4.69) is 17.0 Å². The van der Waals surface area contributed by atoms with Gasteiger partial charge in [0.1, 0.15) is 5.75 Å². The number of hydrogen-bond donors (Lipinski definition) is 0. The molecule has 0 unspecified atom stereocenters. The maximum absolute atomic E-state index is 12.8. The van der Waals surface area contributed by atoms with Gasteiger partial charge in [-0.2, -0.15) is 0 Å².